The van der Waals surface area contributed by atoms with Crippen molar-refractivity contribution in [3.8, 4) is 11.3 Å². The molecule has 8 rings (SSSR count). The third-order valence-electron chi connectivity index (χ3n) is 8.20. The van der Waals surface area contributed by atoms with Gasteiger partial charge in [0.2, 0.25) is 0 Å². The number of pyridine rings is 1. The highest BCUT2D eigenvalue weighted by Gasteiger charge is 2.71. The van der Waals surface area contributed by atoms with Gasteiger partial charge in [0.15, 0.2) is 0 Å². The third-order valence-corrected chi connectivity index (χ3v) is 8.20. The molecule has 3 saturated carbocycles. The summed E-state index contributed by atoms with van der Waals surface area (Å²) in [6.45, 7) is 7.71. The van der Waals surface area contributed by atoms with Crippen LogP contribution in [0.1, 0.15) is 49.2 Å². The molecule has 6 heteroatoms. The fourth-order valence-electron chi connectivity index (χ4n) is 6.39. The first-order chi connectivity index (χ1) is 14.7. The van der Waals surface area contributed by atoms with Crippen molar-refractivity contribution in [1.29, 1.82) is 0 Å². The number of morpholine rings is 1. The topological polar surface area (TPSA) is 52.4 Å². The Morgan fingerprint density at radius 1 is 1.07 bits per heavy atom. The quantitative estimate of drug-likeness (QED) is 0.784. The fraction of sp³-hybridized carbons (Fsp3) is 0.583. The second-order valence-electron chi connectivity index (χ2n) is 9.98. The van der Waals surface area contributed by atoms with Gasteiger partial charge in [-0.05, 0) is 43.4 Å². The van der Waals surface area contributed by atoms with Crippen LogP contribution in [0.2, 0.25) is 0 Å². The number of hydrogen-bond acceptors (Lipinski definition) is 5. The van der Waals surface area contributed by atoms with Crippen molar-refractivity contribution in [3.63, 3.8) is 0 Å². The lowest BCUT2D eigenvalue weighted by molar-refractivity contribution is -0.221. The van der Waals surface area contributed by atoms with Crippen molar-refractivity contribution >= 4 is 5.57 Å². The molecule has 2 aromatic rings. The molecule has 0 amide bonds. The first-order valence-electron chi connectivity index (χ1n) is 11.3. The van der Waals surface area contributed by atoms with Gasteiger partial charge in [-0.3, -0.25) is 9.88 Å². The molecule has 4 aliphatic carbocycles. The highest BCUT2D eigenvalue weighted by atomic mass is 16.5. The summed E-state index contributed by atoms with van der Waals surface area (Å²) in [4.78, 5) is 12.6. The van der Waals surface area contributed by atoms with E-state index >= 15 is 0 Å². The van der Waals surface area contributed by atoms with Crippen LogP contribution in [0.15, 0.2) is 24.5 Å². The number of aromatic nitrogens is 3. The SMILES string of the molecule is CC1=CCc2ncc(-c3cn(C45CC(N6CCOCC6)(C4)C5)c(C4COC4)n3)cc21. The summed E-state index contributed by atoms with van der Waals surface area (Å²) < 4.78 is 13.6. The van der Waals surface area contributed by atoms with E-state index in [9.17, 15) is 0 Å². The van der Waals surface area contributed by atoms with E-state index in [1.807, 2.05) is 6.20 Å². The Hall–Kier alpha value is -2.02. The maximum atomic E-state index is 5.57. The van der Waals surface area contributed by atoms with Gasteiger partial charge in [-0.1, -0.05) is 6.08 Å². The van der Waals surface area contributed by atoms with E-state index in [2.05, 4.69) is 34.7 Å². The molecule has 156 valence electrons. The minimum Gasteiger partial charge on any atom is -0.380 e. The van der Waals surface area contributed by atoms with Gasteiger partial charge in [0.05, 0.1) is 49.3 Å². The largest absolute Gasteiger partial charge is 0.380 e. The van der Waals surface area contributed by atoms with Crippen molar-refractivity contribution in [1.82, 2.24) is 19.4 Å². The molecule has 0 unspecified atom stereocenters. The molecule has 5 fully saturated rings. The fourth-order valence-corrected chi connectivity index (χ4v) is 6.39. The number of hydrogen-bond donors (Lipinski definition) is 0. The molecule has 0 aromatic carbocycles. The van der Waals surface area contributed by atoms with Crippen molar-refractivity contribution < 1.29 is 9.47 Å². The minimum atomic E-state index is 0.258. The Morgan fingerprint density at radius 3 is 2.60 bits per heavy atom. The first kappa shape index (κ1) is 17.6. The lowest BCUT2D eigenvalue weighted by atomic mass is 9.43. The van der Waals surface area contributed by atoms with E-state index in [0.717, 1.165) is 57.2 Å². The van der Waals surface area contributed by atoms with Gasteiger partial charge in [-0.2, -0.15) is 0 Å². The van der Waals surface area contributed by atoms with E-state index in [4.69, 9.17) is 19.4 Å². The molecule has 2 aliphatic heterocycles. The monoisotopic (exact) mass is 404 g/mol. The van der Waals surface area contributed by atoms with Crippen LogP contribution in [-0.2, 0) is 21.4 Å². The molecule has 0 radical (unpaired) electrons. The number of rotatable bonds is 4. The minimum absolute atomic E-state index is 0.258. The zero-order valence-electron chi connectivity index (χ0n) is 17.6. The summed E-state index contributed by atoms with van der Waals surface area (Å²) >= 11 is 0. The Morgan fingerprint density at radius 2 is 1.87 bits per heavy atom. The van der Waals surface area contributed by atoms with Crippen LogP contribution in [0.25, 0.3) is 16.8 Å². The Kier molecular flexibility index (Phi) is 3.54. The predicted octanol–water partition coefficient (Wildman–Crippen LogP) is 2.98. The summed E-state index contributed by atoms with van der Waals surface area (Å²) in [5, 5.41) is 0. The molecule has 0 atom stereocenters. The molecule has 2 bridgehead atoms. The number of allylic oxidation sites excluding steroid dienone is 2. The number of imidazole rings is 1. The molecule has 4 heterocycles. The summed E-state index contributed by atoms with van der Waals surface area (Å²) in [5.74, 6) is 1.65. The maximum Gasteiger partial charge on any atom is 0.117 e. The van der Waals surface area contributed by atoms with Gasteiger partial charge in [-0.25, -0.2) is 4.98 Å². The molecule has 30 heavy (non-hydrogen) atoms. The second-order valence-corrected chi connectivity index (χ2v) is 9.98. The number of fused-ring (bicyclic) bond motifs is 1. The molecular weight excluding hydrogens is 376 g/mol. The molecule has 0 N–H and O–H groups in total. The van der Waals surface area contributed by atoms with Gasteiger partial charge in [0.1, 0.15) is 5.82 Å². The Bertz CT molecular complexity index is 1040. The van der Waals surface area contributed by atoms with E-state index in [1.165, 1.54) is 41.9 Å². The smallest absolute Gasteiger partial charge is 0.117 e. The lowest BCUT2D eigenvalue weighted by Gasteiger charge is -2.74. The molecule has 2 aromatic heterocycles. The van der Waals surface area contributed by atoms with Crippen LogP contribution in [0.4, 0.5) is 0 Å². The van der Waals surface area contributed by atoms with Crippen LogP contribution < -0.4 is 0 Å². The van der Waals surface area contributed by atoms with Crippen molar-refractivity contribution in [2.45, 2.75) is 49.6 Å². The average Bonchev–Trinajstić information content (AvgIpc) is 3.24. The highest BCUT2D eigenvalue weighted by molar-refractivity contribution is 5.74. The zero-order chi connectivity index (χ0) is 19.9. The van der Waals surface area contributed by atoms with E-state index in [1.54, 1.807) is 0 Å². The molecular formula is C24H28N4O2. The van der Waals surface area contributed by atoms with Crippen LogP contribution in [0, 0.1) is 0 Å². The van der Waals surface area contributed by atoms with Gasteiger partial charge in [0, 0.05) is 43.0 Å². The molecule has 6 nitrogen and oxygen atoms in total. The van der Waals surface area contributed by atoms with Crippen molar-refractivity contribution in [3.05, 3.63) is 41.6 Å². The van der Waals surface area contributed by atoms with E-state index in [0.29, 0.717) is 11.5 Å². The van der Waals surface area contributed by atoms with Crippen LogP contribution in [-0.4, -0.2) is 64.5 Å². The first-order valence-corrected chi connectivity index (χ1v) is 11.3. The molecule has 0 spiro atoms. The molecule has 2 saturated heterocycles. The summed E-state index contributed by atoms with van der Waals surface area (Å²) in [6.07, 6.45) is 11.3. The summed E-state index contributed by atoms with van der Waals surface area (Å²) in [7, 11) is 0. The standard InChI is InChI=1S/C24H28N4O2/c1-16-2-3-20-19(16)8-17(9-25-20)21-10-28(22(26-21)18-11-30-12-18)24-13-23(14-24,15-24)27-4-6-29-7-5-27/h2,8-10,18H,3-7,11-15H2,1H3. The summed E-state index contributed by atoms with van der Waals surface area (Å²) in [5.41, 5.74) is 6.68. The van der Waals surface area contributed by atoms with Gasteiger partial charge >= 0.3 is 0 Å². The van der Waals surface area contributed by atoms with Gasteiger partial charge in [-0.15, -0.1) is 0 Å². The van der Waals surface area contributed by atoms with Gasteiger partial charge in [0.25, 0.3) is 0 Å². The normalized spacial score (nSPS) is 32.8. The van der Waals surface area contributed by atoms with Gasteiger partial charge < -0.3 is 14.0 Å². The van der Waals surface area contributed by atoms with Crippen LogP contribution in [0.5, 0.6) is 0 Å². The Balaban J connectivity index is 1.22. The zero-order valence-corrected chi connectivity index (χ0v) is 17.6. The van der Waals surface area contributed by atoms with E-state index < -0.39 is 0 Å². The molecule has 6 aliphatic rings. The maximum absolute atomic E-state index is 5.57. The predicted molar refractivity (Wildman–Crippen MR) is 113 cm³/mol. The lowest BCUT2D eigenvalue weighted by Crippen LogP contribution is -2.79. The van der Waals surface area contributed by atoms with Crippen molar-refractivity contribution in [2.24, 2.45) is 0 Å². The average molecular weight is 405 g/mol. The number of nitrogens with zero attached hydrogens (tertiary/aromatic N) is 4. The third kappa shape index (κ3) is 2.30. The second kappa shape index (κ2) is 6.02. The van der Waals surface area contributed by atoms with E-state index in [-0.39, 0.29) is 5.54 Å². The highest BCUT2D eigenvalue weighted by Crippen LogP contribution is 2.68. The number of ether oxygens (including phenoxy) is 2. The van der Waals surface area contributed by atoms with Crippen LogP contribution >= 0.6 is 0 Å². The van der Waals surface area contributed by atoms with Crippen LogP contribution in [0.3, 0.4) is 0 Å². The Labute approximate surface area is 176 Å². The summed E-state index contributed by atoms with van der Waals surface area (Å²) in [6, 6.07) is 2.28. The van der Waals surface area contributed by atoms with Crippen molar-refractivity contribution in [2.75, 3.05) is 39.5 Å².